The van der Waals surface area contributed by atoms with Gasteiger partial charge >= 0.3 is 18.0 Å². The van der Waals surface area contributed by atoms with Crippen molar-refractivity contribution in [1.82, 2.24) is 25.0 Å². The number of aliphatic carboxylic acids is 1. The lowest BCUT2D eigenvalue weighted by Crippen LogP contribution is -2.63. The van der Waals surface area contributed by atoms with Gasteiger partial charge in [0.05, 0.1) is 12.5 Å². The Hall–Kier alpha value is -4.88. The third-order valence-electron chi connectivity index (χ3n) is 9.64. The molecule has 1 aromatic heterocycles. The standard InChI is InChI=1S/C43H67N5O9/c1-25(2)31(22-26(3)35(50)44-29(38(53)54)23-32(49)56-41(7,8)9)47(16)37(52)33(40(4,5)6)45-36(51)34(48(17)39(55)57-42(10,11)12)43(13,14)28-24-46(15)30-21-19-18-20-27(28)30/h18-22,24-25,29,31,33-34H,23H2,1-17H3,(H,44,50)(H,45,51)(H,53,54)/b26-22+/t29-,31-,33-,34-/m1/s1. The van der Waals surface area contributed by atoms with Crippen LogP contribution >= 0.6 is 0 Å². The Bertz CT molecular complexity index is 1840. The number of nitrogens with zero attached hydrogens (tertiary/aromatic N) is 3. The van der Waals surface area contributed by atoms with Crippen LogP contribution in [0, 0.1) is 11.3 Å². The van der Waals surface area contributed by atoms with E-state index >= 15 is 0 Å². The molecule has 2 aromatic rings. The zero-order chi connectivity index (χ0) is 44.2. The van der Waals surface area contributed by atoms with Crippen LogP contribution in [-0.2, 0) is 45.9 Å². The number of carboxylic acid groups (broad SMARTS) is 1. The highest BCUT2D eigenvalue weighted by molar-refractivity contribution is 5.97. The molecule has 4 atom stereocenters. The second-order valence-corrected chi connectivity index (χ2v) is 18.9. The minimum atomic E-state index is -1.54. The van der Waals surface area contributed by atoms with Crippen molar-refractivity contribution in [1.29, 1.82) is 0 Å². The molecular formula is C43H67N5O9. The van der Waals surface area contributed by atoms with Gasteiger partial charge in [0.15, 0.2) is 0 Å². The Labute approximate surface area is 338 Å². The Kier molecular flexibility index (Phi) is 15.4. The molecule has 1 aromatic carbocycles. The zero-order valence-electron chi connectivity index (χ0n) is 37.1. The minimum absolute atomic E-state index is 0.121. The molecule has 0 aliphatic carbocycles. The van der Waals surface area contributed by atoms with Crippen molar-refractivity contribution in [2.75, 3.05) is 14.1 Å². The number of para-hydroxylation sites is 1. The van der Waals surface area contributed by atoms with Crippen LogP contribution in [-0.4, -0.2) is 105 Å². The zero-order valence-corrected chi connectivity index (χ0v) is 37.1. The molecule has 57 heavy (non-hydrogen) atoms. The fraction of sp³-hybridized carbons (Fsp3) is 0.628. The van der Waals surface area contributed by atoms with Crippen molar-refractivity contribution in [2.24, 2.45) is 18.4 Å². The van der Waals surface area contributed by atoms with Gasteiger partial charge in [-0.2, -0.15) is 0 Å². The number of hydrogen-bond acceptors (Lipinski definition) is 8. The molecule has 4 amide bonds. The first-order valence-corrected chi connectivity index (χ1v) is 19.3. The second kappa shape index (κ2) is 18.1. The van der Waals surface area contributed by atoms with E-state index in [4.69, 9.17) is 9.47 Å². The van der Waals surface area contributed by atoms with Gasteiger partial charge in [-0.25, -0.2) is 9.59 Å². The fourth-order valence-corrected chi connectivity index (χ4v) is 6.76. The number of amides is 4. The average molecular weight is 798 g/mol. The Morgan fingerprint density at radius 1 is 0.842 bits per heavy atom. The molecule has 2 rings (SSSR count). The Morgan fingerprint density at radius 3 is 1.88 bits per heavy atom. The number of carbonyl (C=O) groups is 6. The summed E-state index contributed by atoms with van der Waals surface area (Å²) in [6.07, 6.45) is 2.23. The van der Waals surface area contributed by atoms with E-state index in [2.05, 4.69) is 10.6 Å². The smallest absolute Gasteiger partial charge is 0.410 e. The van der Waals surface area contributed by atoms with Crippen molar-refractivity contribution >= 4 is 46.7 Å². The number of hydrogen-bond donors (Lipinski definition) is 3. The van der Waals surface area contributed by atoms with Crippen molar-refractivity contribution in [2.45, 2.75) is 144 Å². The number of benzene rings is 1. The molecular weight excluding hydrogens is 730 g/mol. The predicted octanol–water partition coefficient (Wildman–Crippen LogP) is 5.95. The second-order valence-electron chi connectivity index (χ2n) is 18.9. The van der Waals surface area contributed by atoms with Crippen LogP contribution in [0.3, 0.4) is 0 Å². The molecule has 0 unspecified atom stereocenters. The SMILES string of the molecule is C/C(=C\[C@H](C(C)C)N(C)C(=O)[C@@H](NC(=O)[C@@H](N(C)C(=O)OC(C)(C)C)C(C)(C)c1cn(C)c2ccccc12)C(C)(C)C)C(=O)N[C@H](CC(=O)OC(C)(C)C)C(=O)O. The lowest BCUT2D eigenvalue weighted by molar-refractivity contribution is -0.158. The normalized spacial score (nSPS) is 14.9. The molecule has 1 heterocycles. The monoisotopic (exact) mass is 797 g/mol. The molecule has 0 spiro atoms. The first-order valence-electron chi connectivity index (χ1n) is 19.3. The largest absolute Gasteiger partial charge is 0.480 e. The van der Waals surface area contributed by atoms with Crippen LogP contribution in [0.4, 0.5) is 4.79 Å². The van der Waals surface area contributed by atoms with Gasteiger partial charge in [-0.3, -0.25) is 24.1 Å². The molecule has 0 aliphatic heterocycles. The number of rotatable bonds is 14. The summed E-state index contributed by atoms with van der Waals surface area (Å²) in [5.41, 5.74) is -1.62. The molecule has 0 aliphatic rings. The quantitative estimate of drug-likeness (QED) is 0.154. The molecule has 318 valence electrons. The summed E-state index contributed by atoms with van der Waals surface area (Å²) in [7, 11) is 5.01. The van der Waals surface area contributed by atoms with Crippen LogP contribution in [0.25, 0.3) is 10.9 Å². The highest BCUT2D eigenvalue weighted by Gasteiger charge is 2.47. The molecule has 0 bridgehead atoms. The van der Waals surface area contributed by atoms with Crippen LogP contribution in [0.2, 0.25) is 0 Å². The lowest BCUT2D eigenvalue weighted by atomic mass is 9.76. The fourth-order valence-electron chi connectivity index (χ4n) is 6.76. The molecule has 0 radical (unpaired) electrons. The topological polar surface area (TPSA) is 177 Å². The maximum Gasteiger partial charge on any atom is 0.410 e. The van der Waals surface area contributed by atoms with Crippen molar-refractivity contribution in [3.63, 3.8) is 0 Å². The van der Waals surface area contributed by atoms with E-state index in [-0.39, 0.29) is 11.5 Å². The Balaban J connectivity index is 2.55. The minimum Gasteiger partial charge on any atom is -0.480 e. The van der Waals surface area contributed by atoms with Crippen molar-refractivity contribution in [3.05, 3.63) is 47.7 Å². The van der Waals surface area contributed by atoms with Crippen LogP contribution in [0.5, 0.6) is 0 Å². The van der Waals surface area contributed by atoms with E-state index in [1.807, 2.05) is 90.5 Å². The summed E-state index contributed by atoms with van der Waals surface area (Å²) in [4.78, 5) is 83.4. The number of carboxylic acids is 1. The van der Waals surface area contributed by atoms with Gasteiger partial charge in [0.25, 0.3) is 0 Å². The third kappa shape index (κ3) is 12.8. The van der Waals surface area contributed by atoms with Gasteiger partial charge in [0, 0.05) is 49.2 Å². The summed E-state index contributed by atoms with van der Waals surface area (Å²) < 4.78 is 12.9. The molecule has 14 heteroatoms. The summed E-state index contributed by atoms with van der Waals surface area (Å²) in [5.74, 6) is -4.17. The predicted molar refractivity (Wildman–Crippen MR) is 220 cm³/mol. The van der Waals surface area contributed by atoms with Gasteiger partial charge in [0.2, 0.25) is 17.7 Å². The average Bonchev–Trinajstić information content (AvgIpc) is 3.39. The van der Waals surface area contributed by atoms with E-state index < -0.39 is 88.4 Å². The molecule has 3 N–H and O–H groups in total. The summed E-state index contributed by atoms with van der Waals surface area (Å²) in [6, 6.07) is 3.33. The van der Waals surface area contributed by atoms with E-state index in [9.17, 15) is 33.9 Å². The van der Waals surface area contributed by atoms with Gasteiger partial charge in [-0.05, 0) is 71.4 Å². The highest BCUT2D eigenvalue weighted by atomic mass is 16.6. The van der Waals surface area contributed by atoms with Gasteiger partial charge < -0.3 is 34.7 Å². The molecule has 0 saturated heterocycles. The maximum atomic E-state index is 14.8. The number of nitrogens with one attached hydrogen (secondary N) is 2. The Morgan fingerprint density at radius 2 is 1.39 bits per heavy atom. The van der Waals surface area contributed by atoms with E-state index in [0.717, 1.165) is 16.5 Å². The molecule has 14 nitrogen and oxygen atoms in total. The highest BCUT2D eigenvalue weighted by Crippen LogP contribution is 2.37. The van der Waals surface area contributed by atoms with E-state index in [1.54, 1.807) is 54.7 Å². The number of ether oxygens (including phenoxy) is 2. The van der Waals surface area contributed by atoms with Crippen LogP contribution < -0.4 is 10.6 Å². The van der Waals surface area contributed by atoms with Gasteiger partial charge in [-0.1, -0.05) is 72.7 Å². The molecule has 0 fully saturated rings. The number of aryl methyl sites for hydroxylation is 1. The summed E-state index contributed by atoms with van der Waals surface area (Å²) in [5, 5.41) is 16.1. The van der Waals surface area contributed by atoms with Crippen molar-refractivity contribution in [3.8, 4) is 0 Å². The van der Waals surface area contributed by atoms with E-state index in [0.29, 0.717) is 0 Å². The number of likely N-dealkylation sites (N-methyl/N-ethyl adjacent to an activating group) is 2. The van der Waals surface area contributed by atoms with Crippen LogP contribution in [0.1, 0.15) is 109 Å². The lowest BCUT2D eigenvalue weighted by Gasteiger charge is -2.42. The summed E-state index contributed by atoms with van der Waals surface area (Å²) in [6.45, 7) is 24.6. The maximum absolute atomic E-state index is 14.8. The van der Waals surface area contributed by atoms with E-state index in [1.165, 1.54) is 23.8 Å². The number of carbonyl (C=O) groups excluding carboxylic acids is 5. The van der Waals surface area contributed by atoms with Gasteiger partial charge in [-0.15, -0.1) is 0 Å². The summed E-state index contributed by atoms with van der Waals surface area (Å²) >= 11 is 0. The van der Waals surface area contributed by atoms with Crippen molar-refractivity contribution < 1.29 is 43.3 Å². The first-order chi connectivity index (χ1) is 25.8. The number of aromatic nitrogens is 1. The molecule has 0 saturated carbocycles. The first kappa shape index (κ1) is 48.3. The van der Waals surface area contributed by atoms with Crippen LogP contribution in [0.15, 0.2) is 42.1 Å². The van der Waals surface area contributed by atoms with Gasteiger partial charge in [0.1, 0.15) is 29.3 Å². The number of esters is 1. The third-order valence-corrected chi connectivity index (χ3v) is 9.64. The number of fused-ring (bicyclic) bond motifs is 1.